The first-order valence-electron chi connectivity index (χ1n) is 11.8. The normalized spacial score (nSPS) is 14.5. The molecule has 1 amide bonds. The number of amides is 1. The number of rotatable bonds is 6. The molecule has 4 aromatic rings. The lowest BCUT2D eigenvalue weighted by atomic mass is 10.1. The largest absolute Gasteiger partial charge is 0.378 e. The smallest absolute Gasteiger partial charge is 0.259 e. The second kappa shape index (κ2) is 9.27. The van der Waals surface area contributed by atoms with E-state index >= 15 is 4.39 Å². The molecule has 0 bridgehead atoms. The Morgan fingerprint density at radius 3 is 2.60 bits per heavy atom. The number of halogens is 1. The van der Waals surface area contributed by atoms with Crippen LogP contribution in [0, 0.1) is 5.82 Å². The molecule has 1 fully saturated rings. The first-order chi connectivity index (χ1) is 16.9. The quantitative estimate of drug-likeness (QED) is 0.411. The highest BCUT2D eigenvalue weighted by Crippen LogP contribution is 2.28. The Morgan fingerprint density at radius 1 is 1.17 bits per heavy atom. The number of carbonyl (C=O) groups is 1. The average molecular weight is 481 g/mol. The fourth-order valence-corrected chi connectivity index (χ4v) is 4.68. The third-order valence-electron chi connectivity index (χ3n) is 6.36. The molecule has 0 unspecified atom stereocenters. The first-order valence-corrected chi connectivity index (χ1v) is 11.8. The number of para-hydroxylation sites is 2. The number of aromatic nitrogens is 3. The molecule has 1 aliphatic heterocycles. The fourth-order valence-electron chi connectivity index (χ4n) is 4.68. The van der Waals surface area contributed by atoms with E-state index in [-0.39, 0.29) is 22.8 Å². The van der Waals surface area contributed by atoms with Crippen molar-refractivity contribution in [3.63, 3.8) is 0 Å². The molecule has 35 heavy (non-hydrogen) atoms. The van der Waals surface area contributed by atoms with Crippen molar-refractivity contribution in [2.24, 2.45) is 7.05 Å². The second-order valence-electron chi connectivity index (χ2n) is 9.04. The standard InChI is InChI=1S/C25H29FN6O3/c1-15(2)27-8-9-28-24(34)20-21(33)16-14-17(26)23(31-10-12-35-13-11-31)29-22(16)32-19-7-5-4-6-18(19)30(3)25(20)32/h4-7,14-15,27H,8-13H2,1-3H3,(H,28,34). The van der Waals surface area contributed by atoms with Gasteiger partial charge in [-0.3, -0.25) is 14.0 Å². The lowest BCUT2D eigenvalue weighted by Crippen LogP contribution is -2.38. The number of anilines is 1. The van der Waals surface area contributed by atoms with Crippen molar-refractivity contribution >= 4 is 39.4 Å². The van der Waals surface area contributed by atoms with E-state index < -0.39 is 17.2 Å². The van der Waals surface area contributed by atoms with Crippen molar-refractivity contribution in [2.75, 3.05) is 44.3 Å². The number of pyridine rings is 2. The number of nitrogens with one attached hydrogen (secondary N) is 2. The molecule has 0 aliphatic carbocycles. The van der Waals surface area contributed by atoms with Crippen molar-refractivity contribution in [3.05, 3.63) is 51.9 Å². The highest BCUT2D eigenvalue weighted by molar-refractivity contribution is 6.05. The van der Waals surface area contributed by atoms with Crippen LogP contribution in [0.4, 0.5) is 10.2 Å². The molecule has 1 aromatic carbocycles. The van der Waals surface area contributed by atoms with Crippen LogP contribution in [0.5, 0.6) is 0 Å². The summed E-state index contributed by atoms with van der Waals surface area (Å²) in [7, 11) is 1.81. The number of morpholine rings is 1. The van der Waals surface area contributed by atoms with Gasteiger partial charge in [0.25, 0.3) is 5.91 Å². The third kappa shape index (κ3) is 4.02. The predicted molar refractivity (Wildman–Crippen MR) is 134 cm³/mol. The van der Waals surface area contributed by atoms with Crippen LogP contribution < -0.4 is 21.0 Å². The van der Waals surface area contributed by atoms with Crippen LogP contribution in [0.3, 0.4) is 0 Å². The number of fused-ring (bicyclic) bond motifs is 5. The van der Waals surface area contributed by atoms with Gasteiger partial charge in [0, 0.05) is 39.3 Å². The maximum Gasteiger partial charge on any atom is 0.259 e. The Kier molecular flexibility index (Phi) is 6.16. The van der Waals surface area contributed by atoms with E-state index in [0.29, 0.717) is 50.7 Å². The lowest BCUT2D eigenvalue weighted by molar-refractivity contribution is 0.0953. The van der Waals surface area contributed by atoms with Crippen molar-refractivity contribution in [3.8, 4) is 0 Å². The maximum atomic E-state index is 15.3. The Morgan fingerprint density at radius 2 is 1.89 bits per heavy atom. The van der Waals surface area contributed by atoms with Crippen molar-refractivity contribution in [1.82, 2.24) is 24.6 Å². The second-order valence-corrected chi connectivity index (χ2v) is 9.04. The Balaban J connectivity index is 1.75. The summed E-state index contributed by atoms with van der Waals surface area (Å²) in [6.45, 7) is 6.93. The van der Waals surface area contributed by atoms with E-state index in [1.807, 2.05) is 54.6 Å². The fraction of sp³-hybridized carbons (Fsp3) is 0.400. The van der Waals surface area contributed by atoms with E-state index in [0.717, 1.165) is 11.0 Å². The summed E-state index contributed by atoms with van der Waals surface area (Å²) < 4.78 is 24.3. The van der Waals surface area contributed by atoms with Crippen LogP contribution in [0.15, 0.2) is 35.1 Å². The van der Waals surface area contributed by atoms with Gasteiger partial charge in [-0.25, -0.2) is 9.37 Å². The van der Waals surface area contributed by atoms with Gasteiger partial charge in [0.15, 0.2) is 17.3 Å². The molecule has 184 valence electrons. The SMILES string of the molecule is CC(C)NCCNC(=O)c1c(=O)c2cc(F)c(N3CCOCC3)nc2n2c3ccccc3n(C)c12. The molecule has 5 rings (SSSR count). The maximum absolute atomic E-state index is 15.3. The molecule has 0 atom stereocenters. The van der Waals surface area contributed by atoms with Gasteiger partial charge in [0.1, 0.15) is 11.2 Å². The minimum atomic E-state index is -0.593. The van der Waals surface area contributed by atoms with Crippen LogP contribution in [-0.2, 0) is 11.8 Å². The van der Waals surface area contributed by atoms with Gasteiger partial charge in [-0.15, -0.1) is 0 Å². The van der Waals surface area contributed by atoms with Gasteiger partial charge in [-0.1, -0.05) is 26.0 Å². The molecule has 3 aromatic heterocycles. The van der Waals surface area contributed by atoms with E-state index in [2.05, 4.69) is 15.6 Å². The molecule has 0 spiro atoms. The van der Waals surface area contributed by atoms with Crippen LogP contribution in [0.1, 0.15) is 24.2 Å². The summed E-state index contributed by atoms with van der Waals surface area (Å²) in [5.74, 6) is -0.911. The number of imidazole rings is 1. The highest BCUT2D eigenvalue weighted by atomic mass is 19.1. The molecule has 1 saturated heterocycles. The monoisotopic (exact) mass is 480 g/mol. The van der Waals surface area contributed by atoms with Crippen LogP contribution >= 0.6 is 0 Å². The number of hydrogen-bond acceptors (Lipinski definition) is 6. The zero-order valence-electron chi connectivity index (χ0n) is 20.1. The van der Waals surface area contributed by atoms with Gasteiger partial charge in [0.05, 0.1) is 29.6 Å². The summed E-state index contributed by atoms with van der Waals surface area (Å²) in [4.78, 5) is 33.4. The van der Waals surface area contributed by atoms with E-state index in [1.54, 1.807) is 4.40 Å². The molecular weight excluding hydrogens is 451 g/mol. The van der Waals surface area contributed by atoms with Crippen molar-refractivity contribution in [1.29, 1.82) is 0 Å². The average Bonchev–Trinajstić information content (AvgIpc) is 3.15. The van der Waals surface area contributed by atoms with Gasteiger partial charge in [0.2, 0.25) is 5.43 Å². The van der Waals surface area contributed by atoms with Gasteiger partial charge in [-0.05, 0) is 18.2 Å². The van der Waals surface area contributed by atoms with Crippen LogP contribution in [0.2, 0.25) is 0 Å². The Bertz CT molecular complexity index is 1490. The zero-order valence-corrected chi connectivity index (χ0v) is 20.1. The third-order valence-corrected chi connectivity index (χ3v) is 6.36. The Hall–Kier alpha value is -3.50. The summed E-state index contributed by atoms with van der Waals surface area (Å²) in [5, 5.41) is 6.14. The number of carbonyl (C=O) groups excluding carboxylic acids is 1. The number of ether oxygens (including phenoxy) is 1. The number of hydrogen-bond donors (Lipinski definition) is 2. The zero-order chi connectivity index (χ0) is 24.7. The minimum Gasteiger partial charge on any atom is -0.378 e. The van der Waals surface area contributed by atoms with Gasteiger partial charge >= 0.3 is 0 Å². The summed E-state index contributed by atoms with van der Waals surface area (Å²) in [6.07, 6.45) is 0. The van der Waals surface area contributed by atoms with Crippen molar-refractivity contribution in [2.45, 2.75) is 19.9 Å². The number of benzene rings is 1. The summed E-state index contributed by atoms with van der Waals surface area (Å²) in [6, 6.07) is 9.08. The van der Waals surface area contributed by atoms with Crippen LogP contribution in [-0.4, -0.2) is 65.3 Å². The van der Waals surface area contributed by atoms with Gasteiger partial charge < -0.3 is 24.8 Å². The summed E-state index contributed by atoms with van der Waals surface area (Å²) >= 11 is 0. The predicted octanol–water partition coefficient (Wildman–Crippen LogP) is 2.04. The van der Waals surface area contributed by atoms with Crippen molar-refractivity contribution < 1.29 is 13.9 Å². The molecular formula is C25H29FN6O3. The molecule has 2 N–H and O–H groups in total. The van der Waals surface area contributed by atoms with E-state index in [4.69, 9.17) is 4.74 Å². The lowest BCUT2D eigenvalue weighted by Gasteiger charge is -2.28. The van der Waals surface area contributed by atoms with Crippen LogP contribution in [0.25, 0.3) is 27.7 Å². The molecule has 0 radical (unpaired) electrons. The Labute approximate surface area is 201 Å². The topological polar surface area (TPSA) is 92.9 Å². The number of nitrogens with zero attached hydrogens (tertiary/aromatic N) is 4. The first kappa shape index (κ1) is 23.3. The highest BCUT2D eigenvalue weighted by Gasteiger charge is 2.26. The van der Waals surface area contributed by atoms with Gasteiger partial charge in [-0.2, -0.15) is 0 Å². The number of aryl methyl sites for hydroxylation is 1. The van der Waals surface area contributed by atoms with E-state index in [9.17, 15) is 9.59 Å². The molecule has 4 heterocycles. The minimum absolute atomic E-state index is 0.0268. The molecule has 1 aliphatic rings. The molecule has 10 heteroatoms. The summed E-state index contributed by atoms with van der Waals surface area (Å²) in [5.41, 5.74) is 1.78. The molecule has 9 nitrogen and oxygen atoms in total. The van der Waals surface area contributed by atoms with E-state index in [1.165, 1.54) is 6.07 Å². The molecule has 0 saturated carbocycles.